The third-order valence-electron chi connectivity index (χ3n) is 2.41. The maximum absolute atomic E-state index is 12.8. The molecule has 18 heavy (non-hydrogen) atoms. The number of methoxy groups -OCH3 is 2. The number of ether oxygens (including phenoxy) is 2. The molecule has 1 heterocycles. The molecule has 1 aromatic rings. The Balaban J connectivity index is 2.64. The summed E-state index contributed by atoms with van der Waals surface area (Å²) in [6, 6.07) is 2.91. The molecule has 0 unspecified atom stereocenters. The van der Waals surface area contributed by atoms with Crippen molar-refractivity contribution in [2.24, 2.45) is 0 Å². The lowest BCUT2D eigenvalue weighted by atomic mass is 10.3. The smallest absolute Gasteiger partial charge is 0.307 e. The first-order chi connectivity index (χ1) is 8.67. The van der Waals surface area contributed by atoms with Crippen molar-refractivity contribution in [3.05, 3.63) is 24.1 Å². The van der Waals surface area contributed by atoms with E-state index in [1.807, 2.05) is 4.90 Å². The molecule has 0 atom stereocenters. The minimum atomic E-state index is -0.390. The second-order valence-electron chi connectivity index (χ2n) is 3.64. The maximum Gasteiger partial charge on any atom is 0.307 e. The van der Waals surface area contributed by atoms with E-state index >= 15 is 0 Å². The van der Waals surface area contributed by atoms with E-state index in [9.17, 15) is 9.18 Å². The van der Waals surface area contributed by atoms with Crippen LogP contribution in [0.2, 0.25) is 0 Å². The van der Waals surface area contributed by atoms with Gasteiger partial charge in [-0.2, -0.15) is 0 Å². The lowest BCUT2D eigenvalue weighted by Gasteiger charge is -2.22. The molecule has 1 aromatic heterocycles. The minimum absolute atomic E-state index is 0.249. The SMILES string of the molecule is COCCN(CCC(=O)OC)c1ccc(F)cn1. The van der Waals surface area contributed by atoms with Gasteiger partial charge in [0.05, 0.1) is 26.3 Å². The number of esters is 1. The molecule has 0 saturated carbocycles. The van der Waals surface area contributed by atoms with Crippen molar-refractivity contribution in [2.75, 3.05) is 38.8 Å². The Bertz CT molecular complexity index is 370. The van der Waals surface area contributed by atoms with Gasteiger partial charge < -0.3 is 14.4 Å². The van der Waals surface area contributed by atoms with Gasteiger partial charge in [-0.05, 0) is 12.1 Å². The molecule has 0 N–H and O–H groups in total. The molecule has 0 aliphatic carbocycles. The Labute approximate surface area is 106 Å². The Hall–Kier alpha value is -1.69. The molecule has 0 radical (unpaired) electrons. The molecular formula is C12H17FN2O3. The van der Waals surface area contributed by atoms with Crippen molar-refractivity contribution in [1.29, 1.82) is 0 Å². The highest BCUT2D eigenvalue weighted by Crippen LogP contribution is 2.11. The van der Waals surface area contributed by atoms with Crippen LogP contribution < -0.4 is 4.90 Å². The van der Waals surface area contributed by atoms with Crippen LogP contribution in [-0.2, 0) is 14.3 Å². The molecule has 5 nitrogen and oxygen atoms in total. The Kier molecular flexibility index (Phi) is 6.07. The van der Waals surface area contributed by atoms with Crippen molar-refractivity contribution in [1.82, 2.24) is 4.98 Å². The topological polar surface area (TPSA) is 51.7 Å². The van der Waals surface area contributed by atoms with E-state index in [1.165, 1.54) is 13.2 Å². The van der Waals surface area contributed by atoms with Crippen LogP contribution in [0, 0.1) is 5.82 Å². The molecular weight excluding hydrogens is 239 g/mol. The molecule has 0 spiro atoms. The van der Waals surface area contributed by atoms with Gasteiger partial charge in [0.25, 0.3) is 0 Å². The fraction of sp³-hybridized carbons (Fsp3) is 0.500. The predicted octanol–water partition coefficient (Wildman–Crippen LogP) is 1.24. The summed E-state index contributed by atoms with van der Waals surface area (Å²) in [7, 11) is 2.94. The number of pyridine rings is 1. The van der Waals surface area contributed by atoms with Crippen LogP contribution in [0.3, 0.4) is 0 Å². The van der Waals surface area contributed by atoms with Gasteiger partial charge in [0.15, 0.2) is 0 Å². The molecule has 0 aliphatic rings. The average Bonchev–Trinajstić information content (AvgIpc) is 2.40. The van der Waals surface area contributed by atoms with E-state index < -0.39 is 5.82 Å². The second kappa shape index (κ2) is 7.60. The zero-order chi connectivity index (χ0) is 13.4. The summed E-state index contributed by atoms with van der Waals surface area (Å²) in [5, 5.41) is 0. The zero-order valence-electron chi connectivity index (χ0n) is 10.6. The predicted molar refractivity (Wildman–Crippen MR) is 64.9 cm³/mol. The number of hydrogen-bond donors (Lipinski definition) is 0. The first-order valence-electron chi connectivity index (χ1n) is 5.59. The highest BCUT2D eigenvalue weighted by atomic mass is 19.1. The Morgan fingerprint density at radius 1 is 1.39 bits per heavy atom. The van der Waals surface area contributed by atoms with Gasteiger partial charge in [-0.25, -0.2) is 9.37 Å². The number of halogens is 1. The number of anilines is 1. The quantitative estimate of drug-likeness (QED) is 0.687. The average molecular weight is 256 g/mol. The van der Waals surface area contributed by atoms with Gasteiger partial charge in [0, 0.05) is 20.2 Å². The van der Waals surface area contributed by atoms with E-state index in [0.29, 0.717) is 25.5 Å². The fourth-order valence-corrected chi connectivity index (χ4v) is 1.43. The summed E-state index contributed by atoms with van der Waals surface area (Å²) in [5.74, 6) is -0.0738. The summed E-state index contributed by atoms with van der Waals surface area (Å²) in [6.45, 7) is 1.53. The van der Waals surface area contributed by atoms with Gasteiger partial charge in [-0.15, -0.1) is 0 Å². The van der Waals surface area contributed by atoms with Crippen molar-refractivity contribution in [3.63, 3.8) is 0 Å². The number of hydrogen-bond acceptors (Lipinski definition) is 5. The summed E-state index contributed by atoms with van der Waals surface area (Å²) in [5.41, 5.74) is 0. The third kappa shape index (κ3) is 4.67. The van der Waals surface area contributed by atoms with Crippen LogP contribution in [0.25, 0.3) is 0 Å². The van der Waals surface area contributed by atoms with Gasteiger partial charge in [0.2, 0.25) is 0 Å². The fourth-order valence-electron chi connectivity index (χ4n) is 1.43. The standard InChI is InChI=1S/C12H17FN2O3/c1-17-8-7-15(6-5-12(16)18-2)11-4-3-10(13)9-14-11/h3-4,9H,5-8H2,1-2H3. The number of rotatable bonds is 7. The van der Waals surface area contributed by atoms with Crippen LogP contribution in [0.4, 0.5) is 10.2 Å². The second-order valence-corrected chi connectivity index (χ2v) is 3.64. The van der Waals surface area contributed by atoms with Crippen LogP contribution in [0.1, 0.15) is 6.42 Å². The molecule has 0 amide bonds. The van der Waals surface area contributed by atoms with Gasteiger partial charge in [-0.1, -0.05) is 0 Å². The highest BCUT2D eigenvalue weighted by molar-refractivity contribution is 5.69. The van der Waals surface area contributed by atoms with E-state index in [-0.39, 0.29) is 12.4 Å². The van der Waals surface area contributed by atoms with E-state index in [4.69, 9.17) is 4.74 Å². The zero-order valence-corrected chi connectivity index (χ0v) is 10.6. The van der Waals surface area contributed by atoms with Gasteiger partial charge in [0.1, 0.15) is 11.6 Å². The van der Waals surface area contributed by atoms with Crippen molar-refractivity contribution < 1.29 is 18.7 Å². The number of nitrogens with zero attached hydrogens (tertiary/aromatic N) is 2. The first kappa shape index (κ1) is 14.4. The van der Waals surface area contributed by atoms with Crippen LogP contribution >= 0.6 is 0 Å². The van der Waals surface area contributed by atoms with Crippen LogP contribution in [0.5, 0.6) is 0 Å². The molecule has 0 aliphatic heterocycles. The number of carbonyl (C=O) groups is 1. The summed E-state index contributed by atoms with van der Waals surface area (Å²) in [4.78, 5) is 16.9. The molecule has 1 rings (SSSR count). The Morgan fingerprint density at radius 2 is 2.17 bits per heavy atom. The monoisotopic (exact) mass is 256 g/mol. The number of aromatic nitrogens is 1. The maximum atomic E-state index is 12.8. The van der Waals surface area contributed by atoms with Gasteiger partial charge >= 0.3 is 5.97 Å². The van der Waals surface area contributed by atoms with E-state index in [2.05, 4.69) is 9.72 Å². The van der Waals surface area contributed by atoms with Gasteiger partial charge in [-0.3, -0.25) is 4.79 Å². The van der Waals surface area contributed by atoms with E-state index in [0.717, 1.165) is 6.20 Å². The number of carbonyl (C=O) groups excluding carboxylic acids is 1. The molecule has 0 saturated heterocycles. The highest BCUT2D eigenvalue weighted by Gasteiger charge is 2.10. The lowest BCUT2D eigenvalue weighted by Crippen LogP contribution is -2.30. The van der Waals surface area contributed by atoms with Crippen LogP contribution in [0.15, 0.2) is 18.3 Å². The molecule has 100 valence electrons. The minimum Gasteiger partial charge on any atom is -0.469 e. The molecule has 0 bridgehead atoms. The summed E-state index contributed by atoms with van der Waals surface area (Å²) >= 11 is 0. The van der Waals surface area contributed by atoms with Crippen molar-refractivity contribution >= 4 is 11.8 Å². The normalized spacial score (nSPS) is 10.2. The first-order valence-corrected chi connectivity index (χ1v) is 5.59. The molecule has 0 aromatic carbocycles. The lowest BCUT2D eigenvalue weighted by molar-refractivity contribution is -0.140. The van der Waals surface area contributed by atoms with Crippen molar-refractivity contribution in [3.8, 4) is 0 Å². The van der Waals surface area contributed by atoms with Crippen molar-refractivity contribution in [2.45, 2.75) is 6.42 Å². The molecule has 6 heteroatoms. The van der Waals surface area contributed by atoms with Crippen LogP contribution in [-0.4, -0.2) is 44.9 Å². The summed E-state index contributed by atoms with van der Waals surface area (Å²) in [6.07, 6.45) is 1.40. The third-order valence-corrected chi connectivity index (χ3v) is 2.41. The Morgan fingerprint density at radius 3 is 2.72 bits per heavy atom. The summed E-state index contributed by atoms with van der Waals surface area (Å²) < 4.78 is 22.4. The molecule has 0 fully saturated rings. The largest absolute Gasteiger partial charge is 0.469 e. The van der Waals surface area contributed by atoms with E-state index in [1.54, 1.807) is 13.2 Å².